The van der Waals surface area contributed by atoms with E-state index in [0.717, 1.165) is 40.8 Å². The van der Waals surface area contributed by atoms with Crippen molar-refractivity contribution in [3.05, 3.63) is 57.6 Å². The third kappa shape index (κ3) is 3.89. The maximum absolute atomic E-state index is 12.9. The number of carbonyl (C=O) groups is 2. The van der Waals surface area contributed by atoms with Gasteiger partial charge in [0.05, 0.1) is 12.2 Å². The highest BCUT2D eigenvalue weighted by atomic mass is 32.1. The molecule has 1 N–H and O–H groups in total. The van der Waals surface area contributed by atoms with Crippen LogP contribution in [0.3, 0.4) is 0 Å². The second-order valence-electron chi connectivity index (χ2n) is 7.62. The van der Waals surface area contributed by atoms with Crippen LogP contribution in [0.2, 0.25) is 0 Å². The SMILES string of the molecule is CCOC(=O)c1c(NC(=O)c2cc(-c3ccccc3C)on2)sc2c1CC[C@@H](C)C2. The first-order chi connectivity index (χ1) is 14.5. The van der Waals surface area contributed by atoms with Crippen molar-refractivity contribution in [2.45, 2.75) is 40.0 Å². The van der Waals surface area contributed by atoms with E-state index in [9.17, 15) is 9.59 Å². The van der Waals surface area contributed by atoms with Gasteiger partial charge in [-0.05, 0) is 50.2 Å². The highest BCUT2D eigenvalue weighted by Gasteiger charge is 2.29. The fraction of sp³-hybridized carbons (Fsp3) is 0.348. The molecule has 0 aliphatic heterocycles. The predicted molar refractivity (Wildman–Crippen MR) is 116 cm³/mol. The molecule has 1 atom stereocenters. The van der Waals surface area contributed by atoms with Gasteiger partial charge in [0, 0.05) is 16.5 Å². The lowest BCUT2D eigenvalue weighted by Gasteiger charge is -2.18. The van der Waals surface area contributed by atoms with Crippen LogP contribution in [0.5, 0.6) is 0 Å². The third-order valence-electron chi connectivity index (χ3n) is 5.37. The molecule has 0 fully saturated rings. The van der Waals surface area contributed by atoms with Crippen LogP contribution in [0.1, 0.15) is 57.1 Å². The lowest BCUT2D eigenvalue weighted by atomic mass is 9.88. The summed E-state index contributed by atoms with van der Waals surface area (Å²) in [6.45, 7) is 6.24. The smallest absolute Gasteiger partial charge is 0.341 e. The molecule has 7 heteroatoms. The van der Waals surface area contributed by atoms with Crippen LogP contribution in [0.25, 0.3) is 11.3 Å². The lowest BCUT2D eigenvalue weighted by Crippen LogP contribution is -2.16. The van der Waals surface area contributed by atoms with Gasteiger partial charge in [-0.15, -0.1) is 11.3 Å². The standard InChI is InChI=1S/C23H24N2O4S/c1-4-28-23(27)20-16-10-9-13(2)11-19(16)30-22(20)24-21(26)17-12-18(29-25-17)15-8-6-5-7-14(15)3/h5-8,12-13H,4,9-11H2,1-3H3,(H,24,26)/t13-/m1/s1. The van der Waals surface area contributed by atoms with E-state index < -0.39 is 5.91 Å². The van der Waals surface area contributed by atoms with E-state index >= 15 is 0 Å². The summed E-state index contributed by atoms with van der Waals surface area (Å²) in [7, 11) is 0. The van der Waals surface area contributed by atoms with Crippen LogP contribution >= 0.6 is 11.3 Å². The van der Waals surface area contributed by atoms with E-state index in [2.05, 4.69) is 17.4 Å². The Morgan fingerprint density at radius 3 is 2.90 bits per heavy atom. The topological polar surface area (TPSA) is 81.4 Å². The van der Waals surface area contributed by atoms with E-state index in [-0.39, 0.29) is 18.3 Å². The zero-order chi connectivity index (χ0) is 21.3. The molecule has 3 aromatic rings. The largest absolute Gasteiger partial charge is 0.462 e. The van der Waals surface area contributed by atoms with Crippen molar-refractivity contribution < 1.29 is 18.8 Å². The Hall–Kier alpha value is -2.93. The molecule has 6 nitrogen and oxygen atoms in total. The average molecular weight is 425 g/mol. The van der Waals surface area contributed by atoms with Gasteiger partial charge in [0.2, 0.25) is 0 Å². The molecular formula is C23H24N2O4S. The Morgan fingerprint density at radius 2 is 2.13 bits per heavy atom. The first-order valence-electron chi connectivity index (χ1n) is 10.1. The molecule has 0 unspecified atom stereocenters. The summed E-state index contributed by atoms with van der Waals surface area (Å²) in [6.07, 6.45) is 2.74. The van der Waals surface area contributed by atoms with Crippen molar-refractivity contribution in [2.24, 2.45) is 5.92 Å². The van der Waals surface area contributed by atoms with Crippen molar-refractivity contribution in [3.8, 4) is 11.3 Å². The van der Waals surface area contributed by atoms with E-state index in [1.165, 1.54) is 11.3 Å². The summed E-state index contributed by atoms with van der Waals surface area (Å²) in [4.78, 5) is 26.6. The van der Waals surface area contributed by atoms with Gasteiger partial charge in [0.25, 0.3) is 5.91 Å². The second kappa shape index (κ2) is 8.44. The van der Waals surface area contributed by atoms with Gasteiger partial charge < -0.3 is 14.6 Å². The van der Waals surface area contributed by atoms with Crippen molar-refractivity contribution in [3.63, 3.8) is 0 Å². The Kier molecular flexibility index (Phi) is 5.72. The Balaban J connectivity index is 1.62. The van der Waals surface area contributed by atoms with Crippen LogP contribution < -0.4 is 5.32 Å². The quantitative estimate of drug-likeness (QED) is 0.565. The number of ether oxygens (including phenoxy) is 1. The van der Waals surface area contributed by atoms with E-state index in [1.807, 2.05) is 31.2 Å². The van der Waals surface area contributed by atoms with E-state index in [1.54, 1.807) is 13.0 Å². The molecule has 0 spiro atoms. The van der Waals surface area contributed by atoms with Gasteiger partial charge in [0.15, 0.2) is 11.5 Å². The molecule has 156 valence electrons. The van der Waals surface area contributed by atoms with Crippen molar-refractivity contribution in [2.75, 3.05) is 11.9 Å². The number of fused-ring (bicyclic) bond motifs is 1. The highest BCUT2D eigenvalue weighted by Crippen LogP contribution is 2.40. The highest BCUT2D eigenvalue weighted by molar-refractivity contribution is 7.17. The Morgan fingerprint density at radius 1 is 1.33 bits per heavy atom. The summed E-state index contributed by atoms with van der Waals surface area (Å²) in [5.74, 6) is 0.293. The first-order valence-corrected chi connectivity index (χ1v) is 10.9. The molecule has 0 saturated heterocycles. The molecular weight excluding hydrogens is 400 g/mol. The molecule has 1 amide bonds. The van der Waals surface area contributed by atoms with Gasteiger partial charge in [-0.3, -0.25) is 4.79 Å². The predicted octanol–water partition coefficient (Wildman–Crippen LogP) is 5.27. The molecule has 1 aliphatic rings. The molecule has 0 radical (unpaired) electrons. The van der Waals surface area contributed by atoms with Crippen LogP contribution in [0, 0.1) is 12.8 Å². The zero-order valence-electron chi connectivity index (χ0n) is 17.3. The Bertz CT molecular complexity index is 1100. The molecule has 2 aromatic heterocycles. The van der Waals surface area contributed by atoms with E-state index in [0.29, 0.717) is 22.2 Å². The number of thiophene rings is 1. The van der Waals surface area contributed by atoms with E-state index in [4.69, 9.17) is 9.26 Å². The molecule has 2 heterocycles. The molecule has 1 aliphatic carbocycles. The fourth-order valence-electron chi connectivity index (χ4n) is 3.78. The minimum Gasteiger partial charge on any atom is -0.462 e. The number of benzene rings is 1. The number of hydrogen-bond acceptors (Lipinski definition) is 6. The number of anilines is 1. The van der Waals surface area contributed by atoms with Crippen LogP contribution in [-0.2, 0) is 17.6 Å². The second-order valence-corrected chi connectivity index (χ2v) is 8.73. The summed E-state index contributed by atoms with van der Waals surface area (Å²) >= 11 is 1.46. The molecule has 4 rings (SSSR count). The fourth-order valence-corrected chi connectivity index (χ4v) is 5.18. The normalized spacial score (nSPS) is 15.5. The number of rotatable bonds is 5. The maximum atomic E-state index is 12.9. The van der Waals surface area contributed by atoms with Gasteiger partial charge >= 0.3 is 5.97 Å². The van der Waals surface area contributed by atoms with Crippen molar-refractivity contribution in [1.82, 2.24) is 5.16 Å². The summed E-state index contributed by atoms with van der Waals surface area (Å²) in [5.41, 5.74) is 3.58. The van der Waals surface area contributed by atoms with Gasteiger partial charge in [-0.1, -0.05) is 36.3 Å². The van der Waals surface area contributed by atoms with Crippen molar-refractivity contribution in [1.29, 1.82) is 0 Å². The monoisotopic (exact) mass is 424 g/mol. The van der Waals surface area contributed by atoms with Crippen LogP contribution in [0.15, 0.2) is 34.9 Å². The molecule has 0 bridgehead atoms. The zero-order valence-corrected chi connectivity index (χ0v) is 18.1. The third-order valence-corrected chi connectivity index (χ3v) is 6.54. The minimum absolute atomic E-state index is 0.169. The number of hydrogen-bond donors (Lipinski definition) is 1. The maximum Gasteiger partial charge on any atom is 0.341 e. The number of nitrogens with zero attached hydrogens (tertiary/aromatic N) is 1. The Labute approximate surface area is 179 Å². The van der Waals surface area contributed by atoms with Gasteiger partial charge in [0.1, 0.15) is 5.00 Å². The summed E-state index contributed by atoms with van der Waals surface area (Å²) < 4.78 is 10.7. The molecule has 0 saturated carbocycles. The first kappa shape index (κ1) is 20.3. The van der Waals surface area contributed by atoms with Gasteiger partial charge in [-0.25, -0.2) is 4.79 Å². The number of aromatic nitrogens is 1. The van der Waals surface area contributed by atoms with Gasteiger partial charge in [-0.2, -0.15) is 0 Å². The lowest BCUT2D eigenvalue weighted by molar-refractivity contribution is 0.0526. The number of esters is 1. The van der Waals surface area contributed by atoms with Crippen molar-refractivity contribution >= 4 is 28.2 Å². The number of amides is 1. The van der Waals surface area contributed by atoms with Crippen LogP contribution in [0.4, 0.5) is 5.00 Å². The number of nitrogens with one attached hydrogen (secondary N) is 1. The molecule has 1 aromatic carbocycles. The number of aryl methyl sites for hydroxylation is 1. The summed E-state index contributed by atoms with van der Waals surface area (Å²) in [5, 5.41) is 7.34. The molecule has 30 heavy (non-hydrogen) atoms. The summed E-state index contributed by atoms with van der Waals surface area (Å²) in [6, 6.07) is 9.37. The van der Waals surface area contributed by atoms with Crippen LogP contribution in [-0.4, -0.2) is 23.6 Å². The average Bonchev–Trinajstić information content (AvgIpc) is 3.33. The number of carbonyl (C=O) groups excluding carboxylic acids is 2. The minimum atomic E-state index is -0.407.